The van der Waals surface area contributed by atoms with Gasteiger partial charge in [0.1, 0.15) is 11.3 Å². The van der Waals surface area contributed by atoms with Gasteiger partial charge in [-0.1, -0.05) is 54.6 Å². The second-order valence-electron chi connectivity index (χ2n) is 12.0. The number of nitrogens with one attached hydrogen (secondary N) is 1. The summed E-state index contributed by atoms with van der Waals surface area (Å²) in [7, 11) is -11.4. The molecule has 1 aliphatic carbocycles. The van der Waals surface area contributed by atoms with Crippen LogP contribution in [0.4, 0.5) is 30.2 Å². The fourth-order valence-corrected chi connectivity index (χ4v) is 9.76. The molecule has 1 atom stereocenters. The van der Waals surface area contributed by atoms with Crippen molar-refractivity contribution in [2.75, 3.05) is 5.32 Å². The van der Waals surface area contributed by atoms with Gasteiger partial charge < -0.3 is 9.73 Å². The molecule has 0 radical (unpaired) electrons. The first-order valence-corrected chi connectivity index (χ1v) is 18.9. The van der Waals surface area contributed by atoms with Gasteiger partial charge in [0, 0.05) is 45.6 Å². The highest BCUT2D eigenvalue weighted by molar-refractivity contribution is 8.21. The zero-order valence-corrected chi connectivity index (χ0v) is 29.7. The average molecular weight is 737 g/mol. The molecule has 13 heteroatoms. The normalized spacial score (nSPS) is 13.6. The molecule has 50 heavy (non-hydrogen) atoms. The number of halogens is 3. The third-order valence-electron chi connectivity index (χ3n) is 8.45. The van der Waals surface area contributed by atoms with E-state index in [4.69, 9.17) is 9.41 Å². The number of rotatable bonds is 7. The maximum atomic E-state index is 13.7. The smallest absolute Gasteiger partial charge is 0.456 e. The van der Waals surface area contributed by atoms with Crippen LogP contribution in [-0.2, 0) is 19.7 Å². The quantitative estimate of drug-likeness (QED) is 0.125. The third kappa shape index (κ3) is 6.29. The maximum Gasteiger partial charge on any atom is 0.499 e. The lowest BCUT2D eigenvalue weighted by Crippen LogP contribution is -2.36. The van der Waals surface area contributed by atoms with E-state index in [-0.39, 0.29) is 5.56 Å². The average Bonchev–Trinajstić information content (AvgIpc) is 3.06. The van der Waals surface area contributed by atoms with Gasteiger partial charge in [-0.25, -0.2) is 21.8 Å². The molecule has 258 valence electrons. The highest BCUT2D eigenvalue weighted by Gasteiger charge is 2.54. The van der Waals surface area contributed by atoms with Crippen LogP contribution in [0.1, 0.15) is 22.3 Å². The van der Waals surface area contributed by atoms with Gasteiger partial charge in [0.05, 0.1) is 15.9 Å². The van der Waals surface area contributed by atoms with Crippen LogP contribution in [-0.4, -0.2) is 26.3 Å². The molecule has 0 fully saturated rings. The predicted octanol–water partition coefficient (Wildman–Crippen LogP) is 9.34. The van der Waals surface area contributed by atoms with Crippen LogP contribution in [0, 0.1) is 27.7 Å². The van der Waals surface area contributed by atoms with E-state index in [0.717, 1.165) is 39.7 Å². The van der Waals surface area contributed by atoms with Crippen LogP contribution in [0.25, 0.3) is 33.4 Å². The fraction of sp³-hybridized carbons (Fsp3) is 0.162. The van der Waals surface area contributed by atoms with Crippen molar-refractivity contribution in [3.63, 3.8) is 0 Å². The molecule has 1 heterocycles. The SMILES string of the molecule is Cc1cccc(C)c1N=c1ccc2c(-c3ccccc3S(=O)(=O)C(S)S(=O)(=O)C(F)(F)F)c3ccc(Nc4c(C)cccc4C)cc3oc-2c1. The molecule has 0 spiro atoms. The molecular weight excluding hydrogens is 706 g/mol. The summed E-state index contributed by atoms with van der Waals surface area (Å²) >= 11 is 3.52. The largest absolute Gasteiger partial charge is 0.499 e. The Morgan fingerprint density at radius 3 is 2.00 bits per heavy atom. The number of nitrogens with zero attached hydrogens (tertiary/aromatic N) is 1. The first kappa shape index (κ1) is 35.2. The number of thiol groups is 1. The zero-order chi connectivity index (χ0) is 36.2. The van der Waals surface area contributed by atoms with Crippen LogP contribution in [0.3, 0.4) is 0 Å². The van der Waals surface area contributed by atoms with Gasteiger partial charge in [-0.05, 0) is 80.3 Å². The van der Waals surface area contributed by atoms with Crippen LogP contribution in [0.5, 0.6) is 0 Å². The minimum absolute atomic E-state index is 0.0235. The Kier molecular flexibility index (Phi) is 9.12. The number of anilines is 2. The number of para-hydroxylation sites is 2. The molecule has 4 aromatic carbocycles. The highest BCUT2D eigenvalue weighted by Crippen LogP contribution is 2.45. The number of hydrogen-bond donors (Lipinski definition) is 2. The Morgan fingerprint density at radius 1 is 0.740 bits per heavy atom. The molecule has 1 aliphatic heterocycles. The Labute approximate surface area is 293 Å². The zero-order valence-electron chi connectivity index (χ0n) is 27.2. The van der Waals surface area contributed by atoms with Gasteiger partial charge in [-0.2, -0.15) is 13.2 Å². The number of hydrogen-bond acceptors (Lipinski definition) is 8. The Morgan fingerprint density at radius 2 is 1.36 bits per heavy atom. The van der Waals surface area contributed by atoms with E-state index in [1.54, 1.807) is 36.4 Å². The Balaban J connectivity index is 1.64. The molecule has 0 saturated carbocycles. The Hall–Kier alpha value is -4.59. The van der Waals surface area contributed by atoms with Crippen molar-refractivity contribution in [2.45, 2.75) is 42.0 Å². The summed E-state index contributed by atoms with van der Waals surface area (Å²) in [4.78, 5) is 4.21. The van der Waals surface area contributed by atoms with Crippen molar-refractivity contribution >= 4 is 60.3 Å². The molecule has 1 N–H and O–H groups in total. The molecule has 0 amide bonds. The lowest BCUT2D eigenvalue weighted by atomic mass is 9.93. The number of fused-ring (bicyclic) bond motifs is 2. The van der Waals surface area contributed by atoms with Crippen molar-refractivity contribution in [2.24, 2.45) is 4.99 Å². The molecule has 1 unspecified atom stereocenters. The molecule has 2 aliphatic rings. The van der Waals surface area contributed by atoms with Gasteiger partial charge in [-0.15, -0.1) is 12.6 Å². The highest BCUT2D eigenvalue weighted by atomic mass is 32.3. The van der Waals surface area contributed by atoms with Crippen molar-refractivity contribution in [1.29, 1.82) is 0 Å². The summed E-state index contributed by atoms with van der Waals surface area (Å²) in [6, 6.07) is 27.4. The molecule has 4 aromatic rings. The van der Waals surface area contributed by atoms with Crippen LogP contribution >= 0.6 is 12.6 Å². The van der Waals surface area contributed by atoms with E-state index in [2.05, 4.69) is 17.9 Å². The summed E-state index contributed by atoms with van der Waals surface area (Å²) in [6.07, 6.45) is 0. The summed E-state index contributed by atoms with van der Waals surface area (Å²) in [5.41, 5.74) is 1.44. The summed E-state index contributed by atoms with van der Waals surface area (Å²) < 4.78 is 96.0. The lowest BCUT2D eigenvalue weighted by molar-refractivity contribution is -0.0433. The van der Waals surface area contributed by atoms with Crippen molar-refractivity contribution in [3.8, 4) is 22.5 Å². The predicted molar refractivity (Wildman–Crippen MR) is 194 cm³/mol. The summed E-state index contributed by atoms with van der Waals surface area (Å²) in [6.45, 7) is 7.83. The summed E-state index contributed by atoms with van der Waals surface area (Å²) in [5, 5.41) is 4.39. The standard InChI is InChI=1S/C37H31F3N2O5S3/c1-21-9-7-10-22(2)34(21)41-25-15-17-27-30(19-25)47-31-20-26(42-35-23(3)11-8-12-24(35)4)16-18-28(31)33(27)29-13-5-6-14-32(29)49(43,44)36(48)50(45,46)37(38,39)40/h5-20,36,41,48H,1-4H3. The minimum atomic E-state index is -6.21. The van der Waals surface area contributed by atoms with E-state index in [9.17, 15) is 30.0 Å². The minimum Gasteiger partial charge on any atom is -0.456 e. The molecule has 0 aromatic heterocycles. The number of alkyl halides is 3. The van der Waals surface area contributed by atoms with Gasteiger partial charge in [0.15, 0.2) is 0 Å². The monoisotopic (exact) mass is 736 g/mol. The van der Waals surface area contributed by atoms with Gasteiger partial charge in [0.2, 0.25) is 13.8 Å². The van der Waals surface area contributed by atoms with Gasteiger partial charge in [0.25, 0.3) is 9.84 Å². The third-order valence-corrected chi connectivity index (χ3v) is 14.3. The molecular formula is C37H31F3N2O5S3. The van der Waals surface area contributed by atoms with Crippen LogP contribution < -0.4 is 10.7 Å². The topological polar surface area (TPSA) is 106 Å². The van der Waals surface area contributed by atoms with E-state index in [0.29, 0.717) is 38.9 Å². The summed E-state index contributed by atoms with van der Waals surface area (Å²) in [5.74, 6) is 0.307. The second-order valence-corrected chi connectivity index (χ2v) is 17.5. The van der Waals surface area contributed by atoms with Crippen LogP contribution in [0.2, 0.25) is 0 Å². The van der Waals surface area contributed by atoms with E-state index >= 15 is 0 Å². The van der Waals surface area contributed by atoms with Crippen molar-refractivity contribution in [3.05, 3.63) is 125 Å². The van der Waals surface area contributed by atoms with Crippen molar-refractivity contribution in [1.82, 2.24) is 0 Å². The second kappa shape index (κ2) is 12.9. The molecule has 6 rings (SSSR count). The number of benzene rings is 5. The van der Waals surface area contributed by atoms with Gasteiger partial charge in [-0.3, -0.25) is 0 Å². The Bertz CT molecular complexity index is 2520. The maximum absolute atomic E-state index is 13.7. The van der Waals surface area contributed by atoms with E-state index in [1.165, 1.54) is 18.2 Å². The fourth-order valence-electron chi connectivity index (χ4n) is 5.89. The number of sulfone groups is 2. The lowest BCUT2D eigenvalue weighted by Gasteiger charge is -2.21. The van der Waals surface area contributed by atoms with E-state index < -0.39 is 34.0 Å². The van der Waals surface area contributed by atoms with Crippen molar-refractivity contribution < 1.29 is 34.4 Å². The van der Waals surface area contributed by atoms with E-state index in [1.807, 2.05) is 64.1 Å². The molecule has 0 bridgehead atoms. The first-order valence-electron chi connectivity index (χ1n) is 15.3. The molecule has 0 saturated heterocycles. The molecule has 7 nitrogen and oxygen atoms in total. The first-order chi connectivity index (χ1) is 23.5. The number of aryl methyl sites for hydroxylation is 4. The van der Waals surface area contributed by atoms with Gasteiger partial charge >= 0.3 is 5.51 Å². The van der Waals surface area contributed by atoms with Crippen LogP contribution in [0.15, 0.2) is 111 Å².